The van der Waals surface area contributed by atoms with E-state index in [1.807, 2.05) is 0 Å². The Morgan fingerprint density at radius 3 is 2.40 bits per heavy atom. The standard InChI is InChI=1S/C18H17FNO2.2CH3.Sn.H/c1-2-9-18(22,15-4-6-16(19)7-5-15)17-8-3-13(11-20)10-14(17)12-21;;;;/h3-8,10,21-22H,1-2,9,12H2;2*1H3;;. The maximum absolute atomic E-state index is 13.3. The number of nitrogens with zero attached hydrogens (tertiary/aromatic N) is 1. The third-order valence-electron chi connectivity index (χ3n) is 4.49. The van der Waals surface area contributed by atoms with Crippen molar-refractivity contribution in [3.05, 3.63) is 70.5 Å². The van der Waals surface area contributed by atoms with Gasteiger partial charge in [-0.1, -0.05) is 0 Å². The van der Waals surface area contributed by atoms with E-state index in [2.05, 4.69) is 15.9 Å². The van der Waals surface area contributed by atoms with Gasteiger partial charge >= 0.3 is 156 Å². The Bertz CT molecular complexity index is 755. The number of aliphatic hydroxyl groups excluding tert-OH is 1. The zero-order valence-corrected chi connectivity index (χ0v) is 18.0. The summed E-state index contributed by atoms with van der Waals surface area (Å²) in [4.78, 5) is 4.67. The van der Waals surface area contributed by atoms with Gasteiger partial charge in [0, 0.05) is 0 Å². The van der Waals surface area contributed by atoms with Crippen LogP contribution in [-0.2, 0) is 12.2 Å². The molecule has 3 nitrogen and oxygen atoms in total. The summed E-state index contributed by atoms with van der Waals surface area (Å²) in [6, 6.07) is 12.9. The summed E-state index contributed by atoms with van der Waals surface area (Å²) in [5.74, 6) is -0.355. The summed E-state index contributed by atoms with van der Waals surface area (Å²) in [7, 11) is 0. The van der Waals surface area contributed by atoms with Crippen LogP contribution in [0.25, 0.3) is 0 Å². The molecular weight excluding hydrogens is 424 g/mol. The summed E-state index contributed by atoms with van der Waals surface area (Å²) in [6.45, 7) is -0.266. The second-order valence-electron chi connectivity index (χ2n) is 6.80. The Labute approximate surface area is 155 Å². The van der Waals surface area contributed by atoms with Gasteiger partial charge in [-0.3, -0.25) is 0 Å². The van der Waals surface area contributed by atoms with Crippen LogP contribution in [0.5, 0.6) is 0 Å². The molecule has 0 amide bonds. The van der Waals surface area contributed by atoms with Crippen molar-refractivity contribution in [1.82, 2.24) is 0 Å². The summed E-state index contributed by atoms with van der Waals surface area (Å²) in [5.41, 5.74) is 0.846. The van der Waals surface area contributed by atoms with Crippen molar-refractivity contribution in [2.45, 2.75) is 39.4 Å². The second kappa shape index (κ2) is 8.79. The summed E-state index contributed by atoms with van der Waals surface area (Å²) in [5, 5.41) is 30.3. The fourth-order valence-electron chi connectivity index (χ4n) is 3.12. The number of hydrogen-bond donors (Lipinski definition) is 2. The van der Waals surface area contributed by atoms with Crippen LogP contribution in [0.15, 0.2) is 42.5 Å². The van der Waals surface area contributed by atoms with Gasteiger partial charge in [0.25, 0.3) is 0 Å². The fourth-order valence-corrected chi connectivity index (χ4v) is 6.04. The number of aliphatic hydroxyl groups is 2. The first-order valence-electron chi connectivity index (χ1n) is 8.53. The van der Waals surface area contributed by atoms with Gasteiger partial charge in [0.05, 0.1) is 0 Å². The van der Waals surface area contributed by atoms with Crippen molar-refractivity contribution in [3.8, 4) is 6.07 Å². The first kappa shape index (κ1) is 19.9. The molecule has 0 aliphatic carbocycles. The molecule has 0 bridgehead atoms. The van der Waals surface area contributed by atoms with E-state index in [9.17, 15) is 14.6 Å². The van der Waals surface area contributed by atoms with Crippen molar-refractivity contribution in [2.75, 3.05) is 0 Å². The molecule has 0 aliphatic heterocycles. The average molecular weight is 448 g/mol. The number of nitriles is 1. The quantitative estimate of drug-likeness (QED) is 0.636. The molecule has 25 heavy (non-hydrogen) atoms. The fraction of sp³-hybridized carbons (Fsp3) is 0.350. The van der Waals surface area contributed by atoms with E-state index in [1.54, 1.807) is 30.3 Å². The Kier molecular flexibility index (Phi) is 7.00. The molecule has 2 rings (SSSR count). The summed E-state index contributed by atoms with van der Waals surface area (Å²) in [6.07, 6.45) is 1.39. The molecule has 0 fully saturated rings. The number of halogens is 1. The Hall–Kier alpha value is -1.42. The minimum absolute atomic E-state index is 0.266. The predicted molar refractivity (Wildman–Crippen MR) is 99.4 cm³/mol. The monoisotopic (exact) mass is 449 g/mol. The molecule has 1 unspecified atom stereocenters. The third kappa shape index (κ3) is 4.81. The average Bonchev–Trinajstić information content (AvgIpc) is 2.61. The number of hydrogen-bond acceptors (Lipinski definition) is 3. The molecule has 0 saturated heterocycles. The molecular formula is C20H24FNO2Sn. The zero-order valence-electron chi connectivity index (χ0n) is 14.7. The second-order valence-corrected chi connectivity index (χ2v) is 16.4. The van der Waals surface area contributed by atoms with Gasteiger partial charge in [-0.15, -0.1) is 0 Å². The van der Waals surface area contributed by atoms with Crippen LogP contribution < -0.4 is 0 Å². The minimum atomic E-state index is -1.40. The van der Waals surface area contributed by atoms with Crippen LogP contribution in [0.1, 0.15) is 35.1 Å². The van der Waals surface area contributed by atoms with Crippen molar-refractivity contribution in [2.24, 2.45) is 0 Å². The Morgan fingerprint density at radius 2 is 1.84 bits per heavy atom. The van der Waals surface area contributed by atoms with E-state index < -0.39 is 25.4 Å². The molecule has 0 aliphatic rings. The third-order valence-corrected chi connectivity index (χ3v) is 8.95. The van der Waals surface area contributed by atoms with Gasteiger partial charge in [-0.2, -0.15) is 0 Å². The molecule has 5 heteroatoms. The number of rotatable bonds is 7. The molecule has 1 atom stereocenters. The van der Waals surface area contributed by atoms with E-state index in [-0.39, 0.29) is 12.4 Å². The van der Waals surface area contributed by atoms with Gasteiger partial charge in [0.15, 0.2) is 0 Å². The van der Waals surface area contributed by atoms with E-state index >= 15 is 0 Å². The topological polar surface area (TPSA) is 64.2 Å². The molecule has 0 aromatic heterocycles. The summed E-state index contributed by atoms with van der Waals surface area (Å²) < 4.78 is 14.5. The van der Waals surface area contributed by atoms with E-state index in [0.29, 0.717) is 28.7 Å². The predicted octanol–water partition coefficient (Wildman–Crippen LogP) is 3.69. The van der Waals surface area contributed by atoms with Crippen LogP contribution >= 0.6 is 0 Å². The number of benzene rings is 2. The van der Waals surface area contributed by atoms with E-state index in [0.717, 1.165) is 10.9 Å². The molecule has 2 N–H and O–H groups in total. The molecule has 0 radical (unpaired) electrons. The molecule has 2 aromatic rings. The van der Waals surface area contributed by atoms with Crippen molar-refractivity contribution in [1.29, 1.82) is 5.26 Å². The molecule has 0 spiro atoms. The maximum atomic E-state index is 13.3. The van der Waals surface area contributed by atoms with E-state index in [1.165, 1.54) is 12.1 Å². The van der Waals surface area contributed by atoms with Crippen LogP contribution in [0.2, 0.25) is 14.3 Å². The van der Waals surface area contributed by atoms with Crippen molar-refractivity contribution < 1.29 is 14.6 Å². The van der Waals surface area contributed by atoms with Gasteiger partial charge < -0.3 is 0 Å². The van der Waals surface area contributed by atoms with Crippen LogP contribution in [0.3, 0.4) is 0 Å². The van der Waals surface area contributed by atoms with Crippen LogP contribution in [0, 0.1) is 17.1 Å². The van der Waals surface area contributed by atoms with Crippen LogP contribution in [-0.4, -0.2) is 30.0 Å². The van der Waals surface area contributed by atoms with Crippen LogP contribution in [0.4, 0.5) is 4.39 Å². The molecule has 132 valence electrons. The summed E-state index contributed by atoms with van der Waals surface area (Å²) >= 11 is -1.40. The van der Waals surface area contributed by atoms with Gasteiger partial charge in [0.1, 0.15) is 0 Å². The van der Waals surface area contributed by atoms with Crippen molar-refractivity contribution in [3.63, 3.8) is 0 Å². The first-order chi connectivity index (χ1) is 11.9. The van der Waals surface area contributed by atoms with Gasteiger partial charge in [-0.25, -0.2) is 0 Å². The van der Waals surface area contributed by atoms with Gasteiger partial charge in [-0.05, 0) is 0 Å². The Morgan fingerprint density at radius 1 is 1.16 bits per heavy atom. The van der Waals surface area contributed by atoms with E-state index in [4.69, 9.17) is 5.26 Å². The zero-order chi connectivity index (χ0) is 18.4. The Balaban J connectivity index is 2.51. The molecule has 0 saturated carbocycles. The van der Waals surface area contributed by atoms with Gasteiger partial charge in [0.2, 0.25) is 0 Å². The normalized spacial score (nSPS) is 13.5. The first-order valence-corrected chi connectivity index (χ1v) is 17.5. The molecule has 2 aromatic carbocycles. The molecule has 0 heterocycles. The van der Waals surface area contributed by atoms with Crippen molar-refractivity contribution >= 4 is 19.8 Å². The SMILES string of the molecule is [CH3][SnH]([CH3])[CH2]CCC(O)(c1ccc(F)cc1)c1ccc(C#N)cc1CO.